The number of hydrogen-bond acceptors (Lipinski definition) is 6. The van der Waals surface area contributed by atoms with Crippen molar-refractivity contribution in [1.29, 1.82) is 0 Å². The lowest BCUT2D eigenvalue weighted by atomic mass is 10.0. The molecule has 8 nitrogen and oxygen atoms in total. The molecule has 0 spiro atoms. The molecule has 32 heavy (non-hydrogen) atoms. The minimum absolute atomic E-state index is 0.0202. The molecule has 0 saturated carbocycles. The summed E-state index contributed by atoms with van der Waals surface area (Å²) in [7, 11) is -2.47. The Morgan fingerprint density at radius 3 is 2.66 bits per heavy atom. The van der Waals surface area contributed by atoms with Gasteiger partial charge in [-0.3, -0.25) is 4.79 Å². The van der Waals surface area contributed by atoms with Crippen LogP contribution in [0.25, 0.3) is 0 Å². The molecule has 174 valence electrons. The maximum atomic E-state index is 13.2. The summed E-state index contributed by atoms with van der Waals surface area (Å²) in [5.41, 5.74) is 0.223. The van der Waals surface area contributed by atoms with E-state index in [0.717, 1.165) is 16.4 Å². The summed E-state index contributed by atoms with van der Waals surface area (Å²) >= 11 is 3.31. The molecule has 1 aliphatic heterocycles. The normalized spacial score (nSPS) is 20.3. The third-order valence-electron chi connectivity index (χ3n) is 5.45. The number of ether oxygens (including phenoxy) is 1. The summed E-state index contributed by atoms with van der Waals surface area (Å²) in [6.07, 6.45) is 0.859. The molecule has 1 aromatic carbocycles. The van der Waals surface area contributed by atoms with Crippen LogP contribution >= 0.6 is 15.9 Å². The monoisotopic (exact) mass is 529 g/mol. The van der Waals surface area contributed by atoms with E-state index in [0.29, 0.717) is 4.47 Å². The molecule has 0 radical (unpaired) electrons. The average Bonchev–Trinajstić information content (AvgIpc) is 2.76. The van der Waals surface area contributed by atoms with Crippen molar-refractivity contribution in [2.45, 2.75) is 30.9 Å². The second-order valence-corrected chi connectivity index (χ2v) is 10.8. The predicted molar refractivity (Wildman–Crippen MR) is 119 cm³/mol. The number of pyridine rings is 1. The van der Waals surface area contributed by atoms with Gasteiger partial charge in [0.25, 0.3) is 5.91 Å². The molecule has 0 fully saturated rings. The van der Waals surface area contributed by atoms with Crippen LogP contribution in [0.1, 0.15) is 24.2 Å². The van der Waals surface area contributed by atoms with Crippen LogP contribution in [0, 0.1) is 11.7 Å². The predicted octanol–water partition coefficient (Wildman–Crippen LogP) is 2.52. The Kier molecular flexibility index (Phi) is 7.53. The molecule has 0 unspecified atom stereocenters. The largest absolute Gasteiger partial charge is 0.472 e. The summed E-state index contributed by atoms with van der Waals surface area (Å²) in [6, 6.07) is 5.74. The van der Waals surface area contributed by atoms with Crippen LogP contribution in [-0.2, 0) is 10.0 Å². The van der Waals surface area contributed by atoms with Crippen molar-refractivity contribution in [2.24, 2.45) is 5.92 Å². The number of halogens is 2. The summed E-state index contributed by atoms with van der Waals surface area (Å²) in [6.45, 7) is 3.59. The van der Waals surface area contributed by atoms with Gasteiger partial charge in [-0.1, -0.05) is 6.92 Å². The Morgan fingerprint density at radius 2 is 2.03 bits per heavy atom. The SMILES string of the molecule is C[C@@H]1CN([C@H](C)CO)C(=O)c2cc(Br)cnc2O[C@H]1CN(C)S(=O)(=O)c1ccc(F)cc1. The molecule has 0 bridgehead atoms. The van der Waals surface area contributed by atoms with Gasteiger partial charge in [0, 0.05) is 30.2 Å². The molecule has 0 aliphatic carbocycles. The first kappa shape index (κ1) is 24.6. The second-order valence-electron chi connectivity index (χ2n) is 7.87. The zero-order valence-electron chi connectivity index (χ0n) is 17.9. The van der Waals surface area contributed by atoms with Gasteiger partial charge in [-0.25, -0.2) is 17.8 Å². The Labute approximate surface area is 195 Å². The van der Waals surface area contributed by atoms with Gasteiger partial charge in [-0.05, 0) is 53.2 Å². The highest BCUT2D eigenvalue weighted by Gasteiger charge is 2.35. The van der Waals surface area contributed by atoms with Gasteiger partial charge < -0.3 is 14.7 Å². The molecule has 0 saturated heterocycles. The van der Waals surface area contributed by atoms with Gasteiger partial charge in [-0.2, -0.15) is 4.31 Å². The molecular formula is C21H25BrFN3O5S. The molecule has 1 amide bonds. The molecule has 2 aromatic rings. The fourth-order valence-corrected chi connectivity index (χ4v) is 4.95. The first-order valence-electron chi connectivity index (χ1n) is 10.0. The van der Waals surface area contributed by atoms with Gasteiger partial charge in [0.2, 0.25) is 15.9 Å². The number of aliphatic hydroxyl groups excluding tert-OH is 1. The highest BCUT2D eigenvalue weighted by atomic mass is 79.9. The van der Waals surface area contributed by atoms with E-state index in [4.69, 9.17) is 4.74 Å². The van der Waals surface area contributed by atoms with E-state index >= 15 is 0 Å². The van der Waals surface area contributed by atoms with E-state index in [-0.39, 0.29) is 47.9 Å². The molecule has 3 atom stereocenters. The number of rotatable bonds is 6. The van der Waals surface area contributed by atoms with Crippen LogP contribution in [0.5, 0.6) is 5.88 Å². The van der Waals surface area contributed by atoms with E-state index in [1.165, 1.54) is 25.4 Å². The lowest BCUT2D eigenvalue weighted by Crippen LogP contribution is -2.50. The number of aromatic nitrogens is 1. The minimum atomic E-state index is -3.89. The zero-order chi connectivity index (χ0) is 23.6. The van der Waals surface area contributed by atoms with Gasteiger partial charge in [0.15, 0.2) is 0 Å². The summed E-state index contributed by atoms with van der Waals surface area (Å²) in [5, 5.41) is 9.66. The van der Waals surface area contributed by atoms with Gasteiger partial charge in [0.05, 0.1) is 24.1 Å². The van der Waals surface area contributed by atoms with Crippen molar-refractivity contribution >= 4 is 31.9 Å². The van der Waals surface area contributed by atoms with Crippen molar-refractivity contribution in [2.75, 3.05) is 26.7 Å². The third-order valence-corrected chi connectivity index (χ3v) is 7.72. The fraction of sp³-hybridized carbons (Fsp3) is 0.429. The number of carbonyl (C=O) groups is 1. The van der Waals surface area contributed by atoms with Crippen molar-refractivity contribution < 1.29 is 27.4 Å². The Balaban J connectivity index is 1.94. The molecule has 3 rings (SSSR count). The number of sulfonamides is 1. The van der Waals surface area contributed by atoms with Crippen LogP contribution in [0.3, 0.4) is 0 Å². The van der Waals surface area contributed by atoms with E-state index < -0.39 is 28.0 Å². The smallest absolute Gasteiger partial charge is 0.259 e. The van der Waals surface area contributed by atoms with Crippen LogP contribution in [0.15, 0.2) is 45.9 Å². The number of nitrogens with zero attached hydrogens (tertiary/aromatic N) is 3. The minimum Gasteiger partial charge on any atom is -0.472 e. The number of amides is 1. The van der Waals surface area contributed by atoms with Gasteiger partial charge in [0.1, 0.15) is 17.5 Å². The van der Waals surface area contributed by atoms with Crippen molar-refractivity contribution in [3.63, 3.8) is 0 Å². The van der Waals surface area contributed by atoms with E-state index in [9.17, 15) is 22.7 Å². The Bertz CT molecular complexity index is 1080. The molecule has 1 aromatic heterocycles. The van der Waals surface area contributed by atoms with Crippen LogP contribution in [0.4, 0.5) is 4.39 Å². The lowest BCUT2D eigenvalue weighted by molar-refractivity contribution is 0.0373. The number of benzene rings is 1. The van der Waals surface area contributed by atoms with Crippen LogP contribution < -0.4 is 4.74 Å². The van der Waals surface area contributed by atoms with Crippen molar-refractivity contribution in [3.05, 3.63) is 52.4 Å². The van der Waals surface area contributed by atoms with Gasteiger partial charge in [-0.15, -0.1) is 0 Å². The maximum absolute atomic E-state index is 13.2. The summed E-state index contributed by atoms with van der Waals surface area (Å²) in [5.74, 6) is -1.04. The molecule has 1 N–H and O–H groups in total. The highest BCUT2D eigenvalue weighted by molar-refractivity contribution is 9.10. The molecule has 2 heterocycles. The quantitative estimate of drug-likeness (QED) is 0.617. The van der Waals surface area contributed by atoms with E-state index in [2.05, 4.69) is 20.9 Å². The number of fused-ring (bicyclic) bond motifs is 1. The summed E-state index contributed by atoms with van der Waals surface area (Å²) in [4.78, 5) is 18.9. The standard InChI is InChI=1S/C21H25BrFN3O5S/c1-13-10-26(14(2)12-27)21(28)18-8-15(22)9-24-20(18)31-19(13)11-25(3)32(29,30)17-6-4-16(23)5-7-17/h4-9,13-14,19,27H,10-12H2,1-3H3/t13-,14-,19+/m1/s1. The number of aliphatic hydroxyl groups is 1. The Morgan fingerprint density at radius 1 is 1.38 bits per heavy atom. The lowest BCUT2D eigenvalue weighted by Gasteiger charge is -2.37. The first-order valence-corrected chi connectivity index (χ1v) is 12.2. The number of carbonyl (C=O) groups excluding carboxylic acids is 1. The number of hydrogen-bond donors (Lipinski definition) is 1. The van der Waals surface area contributed by atoms with Crippen molar-refractivity contribution in [3.8, 4) is 5.88 Å². The Hall–Kier alpha value is -2.08. The van der Waals surface area contributed by atoms with Crippen LogP contribution in [-0.4, -0.2) is 72.5 Å². The molecule has 1 aliphatic rings. The first-order chi connectivity index (χ1) is 15.0. The van der Waals surface area contributed by atoms with E-state index in [1.54, 1.807) is 17.9 Å². The highest BCUT2D eigenvalue weighted by Crippen LogP contribution is 2.29. The molecular weight excluding hydrogens is 505 g/mol. The maximum Gasteiger partial charge on any atom is 0.259 e. The third kappa shape index (κ3) is 5.11. The topological polar surface area (TPSA) is 100 Å². The number of likely N-dealkylation sites (N-methyl/N-ethyl adjacent to an activating group) is 1. The molecule has 11 heteroatoms. The van der Waals surface area contributed by atoms with Crippen molar-refractivity contribution in [1.82, 2.24) is 14.2 Å². The summed E-state index contributed by atoms with van der Waals surface area (Å²) < 4.78 is 46.9. The van der Waals surface area contributed by atoms with Crippen LogP contribution in [0.2, 0.25) is 0 Å². The zero-order valence-corrected chi connectivity index (χ0v) is 20.3. The second kappa shape index (κ2) is 9.82. The average molecular weight is 530 g/mol. The fourth-order valence-electron chi connectivity index (χ4n) is 3.43. The van der Waals surface area contributed by atoms with Gasteiger partial charge >= 0.3 is 0 Å². The van der Waals surface area contributed by atoms with E-state index in [1.807, 2.05) is 6.92 Å².